The SMILES string of the molecule is O=C(Nc1nnc(-c2ccccn2)s1)Oc1ccccc1. The van der Waals surface area contributed by atoms with Crippen LogP contribution in [-0.4, -0.2) is 21.3 Å². The van der Waals surface area contributed by atoms with Crippen molar-refractivity contribution in [1.82, 2.24) is 15.2 Å². The van der Waals surface area contributed by atoms with E-state index in [1.165, 1.54) is 11.3 Å². The molecule has 3 aromatic rings. The van der Waals surface area contributed by atoms with E-state index in [0.717, 1.165) is 0 Å². The predicted octanol–water partition coefficient (Wildman–Crippen LogP) is 3.21. The molecule has 21 heavy (non-hydrogen) atoms. The molecule has 0 fully saturated rings. The molecule has 7 heteroatoms. The van der Waals surface area contributed by atoms with Crippen LogP contribution in [0.4, 0.5) is 9.93 Å². The van der Waals surface area contributed by atoms with E-state index in [1.54, 1.807) is 30.5 Å². The number of rotatable bonds is 3. The Morgan fingerprint density at radius 3 is 2.62 bits per heavy atom. The summed E-state index contributed by atoms with van der Waals surface area (Å²) in [5.74, 6) is 0.462. The Morgan fingerprint density at radius 1 is 1.05 bits per heavy atom. The van der Waals surface area contributed by atoms with Gasteiger partial charge in [0.05, 0.1) is 0 Å². The highest BCUT2D eigenvalue weighted by molar-refractivity contribution is 7.18. The molecule has 0 aliphatic carbocycles. The van der Waals surface area contributed by atoms with Crippen LogP contribution < -0.4 is 10.1 Å². The van der Waals surface area contributed by atoms with Crippen LogP contribution in [0, 0.1) is 0 Å². The number of nitrogens with zero attached hydrogens (tertiary/aromatic N) is 3. The first-order valence-electron chi connectivity index (χ1n) is 6.10. The van der Waals surface area contributed by atoms with Gasteiger partial charge in [0.2, 0.25) is 5.13 Å². The maximum Gasteiger partial charge on any atom is 0.418 e. The number of carbonyl (C=O) groups excluding carboxylic acids is 1. The predicted molar refractivity (Wildman–Crippen MR) is 79.2 cm³/mol. The lowest BCUT2D eigenvalue weighted by Gasteiger charge is -2.02. The van der Waals surface area contributed by atoms with Crippen LogP contribution in [0.25, 0.3) is 10.7 Å². The van der Waals surface area contributed by atoms with Crippen molar-refractivity contribution in [3.63, 3.8) is 0 Å². The Labute approximate surface area is 124 Å². The van der Waals surface area contributed by atoms with Gasteiger partial charge in [-0.15, -0.1) is 10.2 Å². The van der Waals surface area contributed by atoms with Crippen molar-refractivity contribution in [2.45, 2.75) is 0 Å². The first-order chi connectivity index (χ1) is 10.3. The van der Waals surface area contributed by atoms with Crippen molar-refractivity contribution in [2.75, 3.05) is 5.32 Å². The normalized spacial score (nSPS) is 10.1. The van der Waals surface area contributed by atoms with Crippen LogP contribution in [0.2, 0.25) is 0 Å². The summed E-state index contributed by atoms with van der Waals surface area (Å²) in [7, 11) is 0. The highest BCUT2D eigenvalue weighted by Gasteiger charge is 2.11. The molecule has 2 heterocycles. The Morgan fingerprint density at radius 2 is 1.86 bits per heavy atom. The van der Waals surface area contributed by atoms with Gasteiger partial charge in [-0.3, -0.25) is 10.3 Å². The quantitative estimate of drug-likeness (QED) is 0.803. The maximum absolute atomic E-state index is 11.7. The van der Waals surface area contributed by atoms with Crippen LogP contribution in [0.15, 0.2) is 54.7 Å². The number of anilines is 1. The van der Waals surface area contributed by atoms with Gasteiger partial charge in [-0.05, 0) is 24.3 Å². The van der Waals surface area contributed by atoms with Gasteiger partial charge in [0.25, 0.3) is 0 Å². The van der Waals surface area contributed by atoms with Crippen molar-refractivity contribution in [1.29, 1.82) is 0 Å². The summed E-state index contributed by atoms with van der Waals surface area (Å²) < 4.78 is 5.11. The first-order valence-corrected chi connectivity index (χ1v) is 6.92. The van der Waals surface area contributed by atoms with E-state index in [-0.39, 0.29) is 0 Å². The van der Waals surface area contributed by atoms with Crippen LogP contribution in [0.3, 0.4) is 0 Å². The molecular weight excluding hydrogens is 288 g/mol. The van der Waals surface area contributed by atoms with Crippen LogP contribution in [-0.2, 0) is 0 Å². The molecule has 0 saturated heterocycles. The molecule has 0 aliphatic heterocycles. The first kappa shape index (κ1) is 13.2. The fourth-order valence-corrected chi connectivity index (χ4v) is 2.28. The number of hydrogen-bond acceptors (Lipinski definition) is 6. The summed E-state index contributed by atoms with van der Waals surface area (Å²) in [5.41, 5.74) is 0.708. The van der Waals surface area contributed by atoms with E-state index < -0.39 is 6.09 Å². The summed E-state index contributed by atoms with van der Waals surface area (Å²) in [4.78, 5) is 15.9. The largest absolute Gasteiger partial charge is 0.418 e. The number of pyridine rings is 1. The molecule has 0 saturated carbocycles. The van der Waals surface area contributed by atoms with E-state index in [4.69, 9.17) is 4.74 Å². The van der Waals surface area contributed by atoms with Crippen molar-refractivity contribution in [3.8, 4) is 16.5 Å². The van der Waals surface area contributed by atoms with Gasteiger partial charge < -0.3 is 4.74 Å². The number of amides is 1. The molecular formula is C14H10N4O2S. The zero-order valence-electron chi connectivity index (χ0n) is 10.8. The van der Waals surface area contributed by atoms with Crippen molar-refractivity contribution < 1.29 is 9.53 Å². The molecule has 3 rings (SSSR count). The van der Waals surface area contributed by atoms with Crippen LogP contribution in [0.1, 0.15) is 0 Å². The maximum atomic E-state index is 11.7. The minimum atomic E-state index is -0.607. The second kappa shape index (κ2) is 6.10. The zero-order chi connectivity index (χ0) is 14.5. The number of nitrogens with one attached hydrogen (secondary N) is 1. The average molecular weight is 298 g/mol. The van der Waals surface area contributed by atoms with Gasteiger partial charge >= 0.3 is 6.09 Å². The molecule has 0 spiro atoms. The fraction of sp³-hybridized carbons (Fsp3) is 0. The van der Waals surface area contributed by atoms with Crippen molar-refractivity contribution in [3.05, 3.63) is 54.7 Å². The summed E-state index contributed by atoms with van der Waals surface area (Å²) in [5, 5.41) is 11.4. The smallest absolute Gasteiger partial charge is 0.410 e. The van der Waals surface area contributed by atoms with E-state index in [1.807, 2.05) is 24.3 Å². The lowest BCUT2D eigenvalue weighted by molar-refractivity contribution is 0.215. The van der Waals surface area contributed by atoms with Gasteiger partial charge in [0.1, 0.15) is 11.4 Å². The topological polar surface area (TPSA) is 77.0 Å². The molecule has 1 aromatic carbocycles. The third kappa shape index (κ3) is 3.40. The highest BCUT2D eigenvalue weighted by atomic mass is 32.1. The number of para-hydroxylation sites is 1. The summed E-state index contributed by atoms with van der Waals surface area (Å²) in [6, 6.07) is 14.3. The van der Waals surface area contributed by atoms with E-state index in [2.05, 4.69) is 20.5 Å². The standard InChI is InChI=1S/C14H10N4O2S/c19-14(20-10-6-2-1-3-7-10)16-13-18-17-12(21-13)11-8-4-5-9-15-11/h1-9H,(H,16,18,19). The molecule has 6 nitrogen and oxygen atoms in total. The Hall–Kier alpha value is -2.80. The summed E-state index contributed by atoms with van der Waals surface area (Å²) in [6.07, 6.45) is 1.07. The second-order valence-electron chi connectivity index (χ2n) is 3.95. The third-order valence-electron chi connectivity index (χ3n) is 2.47. The average Bonchev–Trinajstić information content (AvgIpc) is 2.97. The van der Waals surface area contributed by atoms with Crippen LogP contribution in [0.5, 0.6) is 5.75 Å². The van der Waals surface area contributed by atoms with Gasteiger partial charge in [-0.25, -0.2) is 4.79 Å². The van der Waals surface area contributed by atoms with Crippen LogP contribution >= 0.6 is 11.3 Å². The number of hydrogen-bond donors (Lipinski definition) is 1. The molecule has 0 unspecified atom stereocenters. The molecule has 1 amide bonds. The summed E-state index contributed by atoms with van der Waals surface area (Å²) in [6.45, 7) is 0. The number of ether oxygens (including phenoxy) is 1. The van der Waals surface area contributed by atoms with Gasteiger partial charge in [-0.1, -0.05) is 35.6 Å². The minimum Gasteiger partial charge on any atom is -0.410 e. The lowest BCUT2D eigenvalue weighted by Crippen LogP contribution is -2.16. The van der Waals surface area contributed by atoms with Gasteiger partial charge in [-0.2, -0.15) is 0 Å². The number of benzene rings is 1. The van der Waals surface area contributed by atoms with E-state index in [0.29, 0.717) is 21.6 Å². The van der Waals surface area contributed by atoms with Crippen molar-refractivity contribution in [2.24, 2.45) is 0 Å². The second-order valence-corrected chi connectivity index (χ2v) is 4.93. The number of carbonyl (C=O) groups is 1. The molecule has 0 radical (unpaired) electrons. The number of aromatic nitrogens is 3. The highest BCUT2D eigenvalue weighted by Crippen LogP contribution is 2.24. The lowest BCUT2D eigenvalue weighted by atomic mass is 10.3. The van der Waals surface area contributed by atoms with Gasteiger partial charge in [0.15, 0.2) is 5.01 Å². The molecule has 0 bridgehead atoms. The molecule has 104 valence electrons. The Balaban J connectivity index is 1.66. The Kier molecular flexibility index (Phi) is 3.83. The molecule has 1 N–H and O–H groups in total. The fourth-order valence-electron chi connectivity index (χ4n) is 1.57. The monoisotopic (exact) mass is 298 g/mol. The van der Waals surface area contributed by atoms with Crippen molar-refractivity contribution >= 4 is 22.6 Å². The van der Waals surface area contributed by atoms with Gasteiger partial charge in [0, 0.05) is 6.20 Å². The van der Waals surface area contributed by atoms with E-state index in [9.17, 15) is 4.79 Å². The molecule has 0 aliphatic rings. The summed E-state index contributed by atoms with van der Waals surface area (Å²) >= 11 is 1.23. The molecule has 0 atom stereocenters. The zero-order valence-corrected chi connectivity index (χ0v) is 11.6. The third-order valence-corrected chi connectivity index (χ3v) is 3.33. The van der Waals surface area contributed by atoms with E-state index >= 15 is 0 Å². The minimum absolute atomic E-state index is 0.358. The molecule has 2 aromatic heterocycles. The Bertz CT molecular complexity index is 731.